The Labute approximate surface area is 194 Å². The monoisotopic (exact) mass is 450 g/mol. The molecule has 0 bridgehead atoms. The van der Waals surface area contributed by atoms with Crippen LogP contribution in [0.1, 0.15) is 90.9 Å². The fourth-order valence-corrected chi connectivity index (χ4v) is 8.89. The average Bonchev–Trinajstić information content (AvgIpc) is 3.10. The van der Waals surface area contributed by atoms with Crippen molar-refractivity contribution in [1.82, 2.24) is 0 Å². The lowest BCUT2D eigenvalue weighted by Gasteiger charge is -2.61. The third-order valence-corrected chi connectivity index (χ3v) is 10.6. The summed E-state index contributed by atoms with van der Waals surface area (Å²) in [6.45, 7) is 6.87. The van der Waals surface area contributed by atoms with E-state index in [0.717, 1.165) is 42.4 Å². The number of fused-ring (bicyclic) bond motifs is 5. The maximum Gasteiger partial charge on any atom is 0.303 e. The lowest BCUT2D eigenvalue weighted by Crippen LogP contribution is -2.54. The van der Waals surface area contributed by atoms with E-state index in [1.807, 2.05) is 0 Å². The molecule has 0 amide bonds. The maximum absolute atomic E-state index is 11.0. The molecular weight excluding hydrogens is 404 g/mol. The Morgan fingerprint density at radius 2 is 1.72 bits per heavy atom. The molecule has 0 spiro atoms. The van der Waals surface area contributed by atoms with Gasteiger partial charge >= 0.3 is 5.97 Å². The number of aliphatic carboxylic acids is 1. The first kappa shape index (κ1) is 24.5. The number of hydrogen-bond donors (Lipinski definition) is 2. The van der Waals surface area contributed by atoms with Gasteiger partial charge in [0.1, 0.15) is 0 Å². The summed E-state index contributed by atoms with van der Waals surface area (Å²) in [5, 5.41) is 17.9. The van der Waals surface area contributed by atoms with E-state index < -0.39 is 5.97 Å². The van der Waals surface area contributed by atoms with Crippen LogP contribution in [-0.4, -0.2) is 48.7 Å². The quantitative estimate of drug-likeness (QED) is 0.442. The van der Waals surface area contributed by atoms with E-state index in [0.29, 0.717) is 43.2 Å². The molecule has 0 heterocycles. The predicted molar refractivity (Wildman–Crippen MR) is 124 cm³/mol. The lowest BCUT2D eigenvalue weighted by molar-refractivity contribution is -0.138. The molecule has 5 heteroatoms. The molecule has 2 N–H and O–H groups in total. The third-order valence-electron chi connectivity index (χ3n) is 10.6. The van der Waals surface area contributed by atoms with Gasteiger partial charge < -0.3 is 19.7 Å². The summed E-state index contributed by atoms with van der Waals surface area (Å²) in [5.41, 5.74) is 0.913. The van der Waals surface area contributed by atoms with E-state index in [1.54, 1.807) is 0 Å². The maximum atomic E-state index is 11.0. The van der Waals surface area contributed by atoms with Gasteiger partial charge in [0.05, 0.1) is 32.5 Å². The van der Waals surface area contributed by atoms with Crippen LogP contribution in [0.25, 0.3) is 0 Å². The summed E-state index contributed by atoms with van der Waals surface area (Å²) in [6.07, 6.45) is 14.5. The van der Waals surface area contributed by atoms with Gasteiger partial charge in [-0.1, -0.05) is 13.8 Å². The molecule has 8 unspecified atom stereocenters. The standard InChI is InChI=1S/C27H46O5/c1-26-13-11-24-22(23(26)9-7-19(26)4-3-5-25(29)30)8-6-20-18-21(10-12-27(20,24)2)32-17-16-31-15-14-28/h19-24,28H,3-18H2,1-2H3,(H,29,30). The Morgan fingerprint density at radius 1 is 0.938 bits per heavy atom. The average molecular weight is 451 g/mol. The summed E-state index contributed by atoms with van der Waals surface area (Å²) in [5.74, 6) is 3.48. The molecule has 184 valence electrons. The largest absolute Gasteiger partial charge is 0.481 e. The van der Waals surface area contributed by atoms with E-state index in [4.69, 9.17) is 19.7 Å². The second-order valence-corrected chi connectivity index (χ2v) is 11.9. The molecule has 5 nitrogen and oxygen atoms in total. The van der Waals surface area contributed by atoms with Crippen molar-refractivity contribution in [3.05, 3.63) is 0 Å². The van der Waals surface area contributed by atoms with E-state index in [-0.39, 0.29) is 6.61 Å². The van der Waals surface area contributed by atoms with Crippen LogP contribution in [0.15, 0.2) is 0 Å². The molecular formula is C27H46O5. The molecule has 0 aromatic heterocycles. The number of aliphatic hydroxyl groups excluding tert-OH is 1. The number of carboxylic acids is 1. The van der Waals surface area contributed by atoms with Crippen LogP contribution >= 0.6 is 0 Å². The van der Waals surface area contributed by atoms with Crippen LogP contribution in [0.4, 0.5) is 0 Å². The molecule has 4 fully saturated rings. The topological polar surface area (TPSA) is 76.0 Å². The molecule has 4 rings (SSSR count). The van der Waals surface area contributed by atoms with Gasteiger partial charge in [0, 0.05) is 6.42 Å². The first-order chi connectivity index (χ1) is 15.4. The number of rotatable bonds is 10. The minimum Gasteiger partial charge on any atom is -0.481 e. The van der Waals surface area contributed by atoms with E-state index >= 15 is 0 Å². The molecule has 0 aliphatic heterocycles. The molecule has 0 aromatic rings. The lowest BCUT2D eigenvalue weighted by atomic mass is 9.44. The first-order valence-corrected chi connectivity index (χ1v) is 13.4. The highest BCUT2D eigenvalue weighted by Crippen LogP contribution is 2.68. The molecule has 0 saturated heterocycles. The fourth-order valence-electron chi connectivity index (χ4n) is 8.89. The van der Waals surface area contributed by atoms with Crippen LogP contribution < -0.4 is 0 Å². The number of ether oxygens (including phenoxy) is 2. The normalized spacial score (nSPS) is 43.3. The summed E-state index contributed by atoms with van der Waals surface area (Å²) in [4.78, 5) is 11.0. The van der Waals surface area contributed by atoms with Crippen LogP contribution in [0.5, 0.6) is 0 Å². The van der Waals surface area contributed by atoms with Crippen molar-refractivity contribution in [1.29, 1.82) is 0 Å². The highest BCUT2D eigenvalue weighted by atomic mass is 16.5. The number of carboxylic acid groups (broad SMARTS) is 1. The molecule has 4 aliphatic rings. The first-order valence-electron chi connectivity index (χ1n) is 13.4. The van der Waals surface area contributed by atoms with E-state index in [2.05, 4.69) is 13.8 Å². The molecule has 4 saturated carbocycles. The Hall–Kier alpha value is -0.650. The van der Waals surface area contributed by atoms with Gasteiger partial charge in [-0.05, 0) is 111 Å². The second kappa shape index (κ2) is 10.3. The number of aliphatic hydroxyl groups is 1. The minimum absolute atomic E-state index is 0.0789. The highest BCUT2D eigenvalue weighted by molar-refractivity contribution is 5.66. The Morgan fingerprint density at radius 3 is 2.50 bits per heavy atom. The number of hydrogen-bond acceptors (Lipinski definition) is 4. The van der Waals surface area contributed by atoms with Crippen LogP contribution in [-0.2, 0) is 14.3 Å². The molecule has 4 aliphatic carbocycles. The smallest absolute Gasteiger partial charge is 0.303 e. The summed E-state index contributed by atoms with van der Waals surface area (Å²) in [6, 6.07) is 0. The van der Waals surface area contributed by atoms with E-state index in [1.165, 1.54) is 57.8 Å². The Kier molecular flexibility index (Phi) is 7.89. The van der Waals surface area contributed by atoms with Crippen molar-refractivity contribution in [2.24, 2.45) is 40.4 Å². The van der Waals surface area contributed by atoms with Crippen molar-refractivity contribution < 1.29 is 24.5 Å². The second-order valence-electron chi connectivity index (χ2n) is 11.9. The highest BCUT2D eigenvalue weighted by Gasteiger charge is 2.59. The third kappa shape index (κ3) is 4.77. The van der Waals surface area contributed by atoms with Crippen molar-refractivity contribution in [3.63, 3.8) is 0 Å². The fraction of sp³-hybridized carbons (Fsp3) is 0.963. The summed E-state index contributed by atoms with van der Waals surface area (Å²) < 4.78 is 11.5. The molecule has 0 aromatic carbocycles. The summed E-state index contributed by atoms with van der Waals surface area (Å²) in [7, 11) is 0. The van der Waals surface area contributed by atoms with Gasteiger partial charge in [0.15, 0.2) is 0 Å². The van der Waals surface area contributed by atoms with Gasteiger partial charge in [-0.15, -0.1) is 0 Å². The van der Waals surface area contributed by atoms with Crippen molar-refractivity contribution >= 4 is 5.97 Å². The van der Waals surface area contributed by atoms with Gasteiger partial charge in [-0.25, -0.2) is 0 Å². The predicted octanol–water partition coefficient (Wildman–Crippen LogP) is 5.29. The number of carbonyl (C=O) groups is 1. The van der Waals surface area contributed by atoms with Crippen molar-refractivity contribution in [2.75, 3.05) is 26.4 Å². The summed E-state index contributed by atoms with van der Waals surface area (Å²) >= 11 is 0. The zero-order valence-electron chi connectivity index (χ0n) is 20.4. The van der Waals surface area contributed by atoms with Gasteiger partial charge in [0.2, 0.25) is 0 Å². The zero-order chi connectivity index (χ0) is 22.8. The molecule has 8 atom stereocenters. The Balaban J connectivity index is 1.34. The molecule has 0 radical (unpaired) electrons. The van der Waals surface area contributed by atoms with Gasteiger partial charge in [-0.3, -0.25) is 4.79 Å². The van der Waals surface area contributed by atoms with Gasteiger partial charge in [0.25, 0.3) is 0 Å². The van der Waals surface area contributed by atoms with Gasteiger partial charge in [-0.2, -0.15) is 0 Å². The van der Waals surface area contributed by atoms with Crippen molar-refractivity contribution in [2.45, 2.75) is 97.0 Å². The molecule has 32 heavy (non-hydrogen) atoms. The van der Waals surface area contributed by atoms with Crippen molar-refractivity contribution in [3.8, 4) is 0 Å². The minimum atomic E-state index is -0.642. The van der Waals surface area contributed by atoms with Crippen LogP contribution in [0, 0.1) is 40.4 Å². The van der Waals surface area contributed by atoms with Crippen LogP contribution in [0.3, 0.4) is 0 Å². The van der Waals surface area contributed by atoms with E-state index in [9.17, 15) is 4.79 Å². The zero-order valence-corrected chi connectivity index (χ0v) is 20.4. The Bertz CT molecular complexity index is 638. The van der Waals surface area contributed by atoms with Crippen LogP contribution in [0.2, 0.25) is 0 Å². The SMILES string of the molecule is CC12CCC3C(CCC4CC(OCCOCCO)CCC43C)C1CCC2CCCC(=O)O.